The van der Waals surface area contributed by atoms with Gasteiger partial charge in [0.2, 0.25) is 0 Å². The van der Waals surface area contributed by atoms with E-state index in [4.69, 9.17) is 10.5 Å². The Kier molecular flexibility index (Phi) is 2.82. The summed E-state index contributed by atoms with van der Waals surface area (Å²) in [6.07, 6.45) is 0.999. The van der Waals surface area contributed by atoms with Crippen LogP contribution in [0.5, 0.6) is 5.75 Å². The molecule has 1 atom stereocenters. The van der Waals surface area contributed by atoms with Gasteiger partial charge in [0.15, 0.2) is 0 Å². The molecule has 0 bridgehead atoms. The Balaban J connectivity index is 2.13. The van der Waals surface area contributed by atoms with Gasteiger partial charge in [0.05, 0.1) is 5.69 Å². The summed E-state index contributed by atoms with van der Waals surface area (Å²) in [6, 6.07) is 6.84. The van der Waals surface area contributed by atoms with Gasteiger partial charge in [-0.15, -0.1) is 0 Å². The third-order valence-corrected chi connectivity index (χ3v) is 2.59. The summed E-state index contributed by atoms with van der Waals surface area (Å²) in [4.78, 5) is 0. The summed E-state index contributed by atoms with van der Waals surface area (Å²) < 4.78 is 5.68. The lowest BCUT2D eigenvalue weighted by atomic mass is 10.0. The van der Waals surface area contributed by atoms with Crippen molar-refractivity contribution in [1.82, 2.24) is 5.32 Å². The summed E-state index contributed by atoms with van der Waals surface area (Å²) in [5.74, 6) is 0.874. The molecule has 0 fully saturated rings. The second-order valence-corrected chi connectivity index (χ2v) is 4.37. The van der Waals surface area contributed by atoms with Gasteiger partial charge in [-0.1, -0.05) is 26.0 Å². The number of rotatable bonds is 2. The van der Waals surface area contributed by atoms with Crippen LogP contribution in [-0.4, -0.2) is 18.7 Å². The third-order valence-electron chi connectivity index (χ3n) is 2.59. The maximum Gasteiger partial charge on any atom is 0.145 e. The van der Waals surface area contributed by atoms with Crippen LogP contribution >= 0.6 is 0 Å². The van der Waals surface area contributed by atoms with Crippen LogP contribution < -0.4 is 15.8 Å². The minimum absolute atomic E-state index is 0.402. The predicted molar refractivity (Wildman–Crippen MR) is 62.1 cm³/mol. The average Bonchev–Trinajstić information content (AvgIpc) is 2.17. The monoisotopic (exact) mass is 206 g/mol. The summed E-state index contributed by atoms with van der Waals surface area (Å²) in [5.41, 5.74) is 7.80. The molecule has 15 heavy (non-hydrogen) atoms. The van der Waals surface area contributed by atoms with Gasteiger partial charge in [-0.25, -0.2) is 0 Å². The highest BCUT2D eigenvalue weighted by Crippen LogP contribution is 2.30. The number of nitrogens with one attached hydrogen (secondary N) is 1. The van der Waals surface area contributed by atoms with Gasteiger partial charge < -0.3 is 15.8 Å². The molecule has 3 N–H and O–H groups in total. The lowest BCUT2D eigenvalue weighted by molar-refractivity contribution is 0.233. The SMILES string of the molecule is CC(C)NC1COc2c(N)cccc2C1. The highest BCUT2D eigenvalue weighted by molar-refractivity contribution is 5.57. The van der Waals surface area contributed by atoms with E-state index in [1.54, 1.807) is 0 Å². The van der Waals surface area contributed by atoms with Gasteiger partial charge in [-0.05, 0) is 18.1 Å². The molecule has 0 radical (unpaired) electrons. The molecule has 1 aliphatic heterocycles. The molecule has 1 aromatic rings. The molecule has 0 saturated carbocycles. The van der Waals surface area contributed by atoms with E-state index >= 15 is 0 Å². The first kappa shape index (κ1) is 10.3. The van der Waals surface area contributed by atoms with Gasteiger partial charge in [-0.2, -0.15) is 0 Å². The Labute approximate surface area is 90.6 Å². The summed E-state index contributed by atoms with van der Waals surface area (Å²) in [6.45, 7) is 5.00. The number of para-hydroxylation sites is 1. The largest absolute Gasteiger partial charge is 0.490 e. The van der Waals surface area contributed by atoms with Crippen LogP contribution in [-0.2, 0) is 6.42 Å². The number of nitrogen functional groups attached to an aromatic ring is 1. The van der Waals surface area contributed by atoms with Crippen LogP contribution in [0.25, 0.3) is 0 Å². The molecule has 0 amide bonds. The quantitative estimate of drug-likeness (QED) is 0.722. The van der Waals surface area contributed by atoms with Crippen LogP contribution in [0, 0.1) is 0 Å². The van der Waals surface area contributed by atoms with Crippen molar-refractivity contribution < 1.29 is 4.74 Å². The highest BCUT2D eigenvalue weighted by Gasteiger charge is 2.21. The summed E-state index contributed by atoms with van der Waals surface area (Å²) >= 11 is 0. The molecule has 1 heterocycles. The van der Waals surface area contributed by atoms with Crippen molar-refractivity contribution in [3.8, 4) is 5.75 Å². The molecule has 3 heteroatoms. The van der Waals surface area contributed by atoms with Crippen molar-refractivity contribution >= 4 is 5.69 Å². The molecular weight excluding hydrogens is 188 g/mol. The van der Waals surface area contributed by atoms with E-state index in [1.807, 2.05) is 12.1 Å². The van der Waals surface area contributed by atoms with E-state index in [1.165, 1.54) is 5.56 Å². The zero-order valence-electron chi connectivity index (χ0n) is 9.29. The fraction of sp³-hybridized carbons (Fsp3) is 0.500. The maximum absolute atomic E-state index is 5.84. The smallest absolute Gasteiger partial charge is 0.145 e. The second-order valence-electron chi connectivity index (χ2n) is 4.37. The molecule has 1 aliphatic rings. The minimum atomic E-state index is 0.402. The van der Waals surface area contributed by atoms with Crippen LogP contribution in [0.15, 0.2) is 18.2 Å². The van der Waals surface area contributed by atoms with Crippen molar-refractivity contribution in [2.24, 2.45) is 0 Å². The predicted octanol–water partition coefficient (Wildman–Crippen LogP) is 1.57. The first-order valence-corrected chi connectivity index (χ1v) is 5.43. The summed E-state index contributed by atoms with van der Waals surface area (Å²) in [5, 5.41) is 3.48. The molecule has 0 spiro atoms. The number of hydrogen-bond donors (Lipinski definition) is 2. The van der Waals surface area contributed by atoms with E-state index in [2.05, 4.69) is 25.2 Å². The zero-order valence-corrected chi connectivity index (χ0v) is 9.29. The molecule has 2 rings (SSSR count). The molecule has 82 valence electrons. The Bertz CT molecular complexity index is 349. The lowest BCUT2D eigenvalue weighted by Gasteiger charge is -2.28. The zero-order chi connectivity index (χ0) is 10.8. The lowest BCUT2D eigenvalue weighted by Crippen LogP contribution is -2.42. The standard InChI is InChI=1S/C12H18N2O/c1-8(2)14-10-6-9-4-3-5-11(13)12(9)15-7-10/h3-5,8,10,14H,6-7,13H2,1-2H3. The number of benzene rings is 1. The third kappa shape index (κ3) is 2.23. The number of hydrogen-bond acceptors (Lipinski definition) is 3. The Morgan fingerprint density at radius 3 is 3.00 bits per heavy atom. The van der Waals surface area contributed by atoms with Gasteiger partial charge in [0.1, 0.15) is 12.4 Å². The van der Waals surface area contributed by atoms with Crippen molar-refractivity contribution in [2.45, 2.75) is 32.4 Å². The molecule has 0 saturated heterocycles. The van der Waals surface area contributed by atoms with Gasteiger partial charge >= 0.3 is 0 Å². The number of nitrogens with two attached hydrogens (primary N) is 1. The number of ether oxygens (including phenoxy) is 1. The van der Waals surface area contributed by atoms with E-state index < -0.39 is 0 Å². The first-order chi connectivity index (χ1) is 7.16. The maximum atomic E-state index is 5.84. The fourth-order valence-corrected chi connectivity index (χ4v) is 2.03. The number of anilines is 1. The molecule has 0 aliphatic carbocycles. The van der Waals surface area contributed by atoms with Crippen LogP contribution in [0.3, 0.4) is 0 Å². The highest BCUT2D eigenvalue weighted by atomic mass is 16.5. The minimum Gasteiger partial charge on any atom is -0.490 e. The van der Waals surface area contributed by atoms with Crippen molar-refractivity contribution in [1.29, 1.82) is 0 Å². The van der Waals surface area contributed by atoms with Gasteiger partial charge in [0.25, 0.3) is 0 Å². The van der Waals surface area contributed by atoms with Crippen LogP contribution in [0.1, 0.15) is 19.4 Å². The second kappa shape index (κ2) is 4.11. The van der Waals surface area contributed by atoms with Gasteiger partial charge in [-0.3, -0.25) is 0 Å². The first-order valence-electron chi connectivity index (χ1n) is 5.43. The molecule has 0 aromatic heterocycles. The van der Waals surface area contributed by atoms with E-state index in [-0.39, 0.29) is 0 Å². The van der Waals surface area contributed by atoms with Crippen molar-refractivity contribution in [3.05, 3.63) is 23.8 Å². The van der Waals surface area contributed by atoms with Crippen molar-refractivity contribution in [3.63, 3.8) is 0 Å². The molecular formula is C12H18N2O. The van der Waals surface area contributed by atoms with Crippen LogP contribution in [0.4, 0.5) is 5.69 Å². The normalized spacial score (nSPS) is 19.8. The van der Waals surface area contributed by atoms with E-state index in [9.17, 15) is 0 Å². The summed E-state index contributed by atoms with van der Waals surface area (Å²) in [7, 11) is 0. The molecule has 3 nitrogen and oxygen atoms in total. The Hall–Kier alpha value is -1.22. The van der Waals surface area contributed by atoms with E-state index in [0.717, 1.165) is 17.9 Å². The van der Waals surface area contributed by atoms with E-state index in [0.29, 0.717) is 18.7 Å². The van der Waals surface area contributed by atoms with Crippen molar-refractivity contribution in [2.75, 3.05) is 12.3 Å². The fourth-order valence-electron chi connectivity index (χ4n) is 2.03. The number of fused-ring (bicyclic) bond motifs is 1. The Morgan fingerprint density at radius 2 is 2.27 bits per heavy atom. The van der Waals surface area contributed by atoms with Crippen LogP contribution in [0.2, 0.25) is 0 Å². The molecule has 1 aromatic carbocycles. The topological polar surface area (TPSA) is 47.3 Å². The molecule has 1 unspecified atom stereocenters. The average molecular weight is 206 g/mol. The Morgan fingerprint density at radius 1 is 1.47 bits per heavy atom. The van der Waals surface area contributed by atoms with Gasteiger partial charge in [0, 0.05) is 12.1 Å².